The molecule has 0 saturated carbocycles. The lowest BCUT2D eigenvalue weighted by molar-refractivity contribution is -0.133. The Balaban J connectivity index is 3.21. The first-order valence-corrected chi connectivity index (χ1v) is 4.32. The molecule has 3 nitrogen and oxygen atoms in total. The van der Waals surface area contributed by atoms with Gasteiger partial charge in [-0.3, -0.25) is 0 Å². The first-order chi connectivity index (χ1) is 7.51. The molecule has 0 aliphatic rings. The van der Waals surface area contributed by atoms with E-state index in [1.54, 1.807) is 0 Å². The van der Waals surface area contributed by atoms with Crippen molar-refractivity contribution in [2.24, 2.45) is 0 Å². The minimum absolute atomic E-state index is 0.0697. The van der Waals surface area contributed by atoms with Crippen LogP contribution < -0.4 is 4.74 Å². The lowest BCUT2D eigenvalue weighted by atomic mass is 10.1. The van der Waals surface area contributed by atoms with Crippen LogP contribution in [0.15, 0.2) is 18.7 Å². The second-order valence-electron chi connectivity index (χ2n) is 2.94. The molecule has 16 heavy (non-hydrogen) atoms. The highest BCUT2D eigenvalue weighted by Gasteiger charge is 2.16. The highest BCUT2D eigenvalue weighted by Crippen LogP contribution is 2.25. The van der Waals surface area contributed by atoms with Gasteiger partial charge in [0.25, 0.3) is 0 Å². The predicted octanol–water partition coefficient (Wildman–Crippen LogP) is 2.16. The van der Waals surface area contributed by atoms with Crippen molar-refractivity contribution in [2.75, 3.05) is 14.2 Å². The number of ether oxygens (including phenoxy) is 2. The van der Waals surface area contributed by atoms with E-state index in [2.05, 4.69) is 16.1 Å². The largest absolute Gasteiger partial charge is 0.494 e. The molecule has 0 N–H and O–H groups in total. The molecule has 1 aromatic rings. The standard InChI is InChI=1S/C11H10F2O3/c1-6(11(14)16-3)7-4-8(12)10(13)9(5-7)15-2/h4-5H,1H2,2-3H3. The van der Waals surface area contributed by atoms with Crippen LogP contribution in [0.5, 0.6) is 5.75 Å². The first-order valence-electron chi connectivity index (χ1n) is 4.32. The van der Waals surface area contributed by atoms with Crippen molar-refractivity contribution in [3.8, 4) is 5.75 Å². The molecule has 1 aromatic carbocycles. The Morgan fingerprint density at radius 1 is 1.31 bits per heavy atom. The maximum atomic E-state index is 13.1. The van der Waals surface area contributed by atoms with Crippen LogP contribution in [-0.2, 0) is 9.53 Å². The van der Waals surface area contributed by atoms with Gasteiger partial charge in [-0.05, 0) is 17.7 Å². The molecule has 5 heteroatoms. The lowest BCUT2D eigenvalue weighted by Crippen LogP contribution is -2.04. The van der Waals surface area contributed by atoms with Crippen molar-refractivity contribution in [1.29, 1.82) is 0 Å². The van der Waals surface area contributed by atoms with E-state index in [1.165, 1.54) is 20.3 Å². The van der Waals surface area contributed by atoms with Gasteiger partial charge in [-0.15, -0.1) is 0 Å². The van der Waals surface area contributed by atoms with Gasteiger partial charge in [-0.1, -0.05) is 6.58 Å². The number of methoxy groups -OCH3 is 2. The summed E-state index contributed by atoms with van der Waals surface area (Å²) < 4.78 is 35.2. The smallest absolute Gasteiger partial charge is 0.337 e. The van der Waals surface area contributed by atoms with Gasteiger partial charge in [-0.25, -0.2) is 9.18 Å². The first kappa shape index (κ1) is 12.2. The summed E-state index contributed by atoms with van der Waals surface area (Å²) in [7, 11) is 2.37. The fourth-order valence-electron chi connectivity index (χ4n) is 1.13. The zero-order valence-electron chi connectivity index (χ0n) is 8.84. The Kier molecular flexibility index (Phi) is 3.60. The van der Waals surface area contributed by atoms with Crippen molar-refractivity contribution in [3.63, 3.8) is 0 Å². The summed E-state index contributed by atoms with van der Waals surface area (Å²) in [6.45, 7) is 3.42. The van der Waals surface area contributed by atoms with Crippen molar-refractivity contribution in [1.82, 2.24) is 0 Å². The summed E-state index contributed by atoms with van der Waals surface area (Å²) in [5, 5.41) is 0. The van der Waals surface area contributed by atoms with Crippen LogP contribution in [0.1, 0.15) is 5.56 Å². The molecule has 0 aliphatic carbocycles. The molecule has 0 radical (unpaired) electrons. The quantitative estimate of drug-likeness (QED) is 0.587. The Bertz CT molecular complexity index is 441. The van der Waals surface area contributed by atoms with Crippen LogP contribution in [0.2, 0.25) is 0 Å². The number of carbonyl (C=O) groups is 1. The molecule has 0 saturated heterocycles. The SMILES string of the molecule is C=C(C(=O)OC)c1cc(F)c(F)c(OC)c1. The Morgan fingerprint density at radius 3 is 2.44 bits per heavy atom. The van der Waals surface area contributed by atoms with Crippen LogP contribution in [0.4, 0.5) is 8.78 Å². The topological polar surface area (TPSA) is 35.5 Å². The third kappa shape index (κ3) is 2.18. The van der Waals surface area contributed by atoms with Crippen LogP contribution in [0.25, 0.3) is 5.57 Å². The highest BCUT2D eigenvalue weighted by atomic mass is 19.2. The van der Waals surface area contributed by atoms with Gasteiger partial charge in [0.1, 0.15) is 0 Å². The molecular weight excluding hydrogens is 218 g/mol. The van der Waals surface area contributed by atoms with Crippen molar-refractivity contribution >= 4 is 11.5 Å². The van der Waals surface area contributed by atoms with Crippen molar-refractivity contribution < 1.29 is 23.0 Å². The molecule has 0 atom stereocenters. The monoisotopic (exact) mass is 228 g/mol. The van der Waals surface area contributed by atoms with Crippen molar-refractivity contribution in [3.05, 3.63) is 35.9 Å². The molecular formula is C11H10F2O3. The number of hydrogen-bond donors (Lipinski definition) is 0. The highest BCUT2D eigenvalue weighted by molar-refractivity contribution is 6.15. The molecule has 1 rings (SSSR count). The van der Waals surface area contributed by atoms with E-state index >= 15 is 0 Å². The van der Waals surface area contributed by atoms with Gasteiger partial charge in [0, 0.05) is 0 Å². The minimum atomic E-state index is -1.11. The number of halogens is 2. The van der Waals surface area contributed by atoms with Gasteiger partial charge < -0.3 is 9.47 Å². The summed E-state index contributed by atoms with van der Waals surface area (Å²) in [5.74, 6) is -3.23. The number of rotatable bonds is 3. The lowest BCUT2D eigenvalue weighted by Gasteiger charge is -2.07. The molecule has 0 spiro atoms. The summed E-state index contributed by atoms with van der Waals surface area (Å²) >= 11 is 0. The van der Waals surface area contributed by atoms with Gasteiger partial charge >= 0.3 is 5.97 Å². The average molecular weight is 228 g/mol. The number of esters is 1. The van der Waals surface area contributed by atoms with Crippen LogP contribution in [0.3, 0.4) is 0 Å². The third-order valence-electron chi connectivity index (χ3n) is 2.00. The normalized spacial score (nSPS) is 9.75. The molecule has 86 valence electrons. The Hall–Kier alpha value is -1.91. The molecule has 0 unspecified atom stereocenters. The van der Waals surface area contributed by atoms with Crippen LogP contribution >= 0.6 is 0 Å². The van der Waals surface area contributed by atoms with E-state index < -0.39 is 17.6 Å². The second-order valence-corrected chi connectivity index (χ2v) is 2.94. The number of carbonyl (C=O) groups excluding carboxylic acids is 1. The maximum absolute atomic E-state index is 13.1. The van der Waals surface area contributed by atoms with Gasteiger partial charge in [-0.2, -0.15) is 4.39 Å². The zero-order valence-corrected chi connectivity index (χ0v) is 8.84. The van der Waals surface area contributed by atoms with Gasteiger partial charge in [0.2, 0.25) is 5.82 Å². The van der Waals surface area contributed by atoms with Gasteiger partial charge in [0.15, 0.2) is 11.6 Å². The second kappa shape index (κ2) is 4.74. The zero-order chi connectivity index (χ0) is 12.3. The molecule has 0 aliphatic heterocycles. The van der Waals surface area contributed by atoms with Crippen LogP contribution in [0, 0.1) is 11.6 Å². The Labute approximate surface area is 91.3 Å². The maximum Gasteiger partial charge on any atom is 0.337 e. The van der Waals surface area contributed by atoms with E-state index in [1.807, 2.05) is 0 Å². The van der Waals surface area contributed by atoms with Crippen LogP contribution in [-0.4, -0.2) is 20.2 Å². The molecule has 0 aromatic heterocycles. The van der Waals surface area contributed by atoms with E-state index in [0.717, 1.165) is 6.07 Å². The van der Waals surface area contributed by atoms with E-state index in [0.29, 0.717) is 0 Å². The fraction of sp³-hybridized carbons (Fsp3) is 0.182. The molecule has 0 heterocycles. The number of hydrogen-bond acceptors (Lipinski definition) is 3. The summed E-state index contributed by atoms with van der Waals surface area (Å²) in [4.78, 5) is 11.1. The minimum Gasteiger partial charge on any atom is -0.494 e. The summed E-state index contributed by atoms with van der Waals surface area (Å²) in [5.41, 5.74) is 0.0438. The van der Waals surface area contributed by atoms with E-state index in [9.17, 15) is 13.6 Å². The van der Waals surface area contributed by atoms with Crippen molar-refractivity contribution in [2.45, 2.75) is 0 Å². The third-order valence-corrected chi connectivity index (χ3v) is 2.00. The van der Waals surface area contributed by atoms with E-state index in [4.69, 9.17) is 0 Å². The van der Waals surface area contributed by atoms with Gasteiger partial charge in [0.05, 0.1) is 19.8 Å². The number of benzene rings is 1. The summed E-state index contributed by atoms with van der Waals surface area (Å²) in [6.07, 6.45) is 0. The molecule has 0 fully saturated rings. The average Bonchev–Trinajstić information content (AvgIpc) is 2.30. The summed E-state index contributed by atoms with van der Waals surface area (Å²) in [6, 6.07) is 2.04. The van der Waals surface area contributed by atoms with E-state index in [-0.39, 0.29) is 16.9 Å². The Morgan fingerprint density at radius 2 is 1.94 bits per heavy atom. The fourth-order valence-corrected chi connectivity index (χ4v) is 1.13. The predicted molar refractivity (Wildman–Crippen MR) is 54.0 cm³/mol. The molecule has 0 amide bonds. The molecule has 0 bridgehead atoms.